The summed E-state index contributed by atoms with van der Waals surface area (Å²) in [5, 5.41) is 3.05. The highest BCUT2D eigenvalue weighted by atomic mass is 19.1. The molecule has 0 aliphatic carbocycles. The second kappa shape index (κ2) is 5.31. The van der Waals surface area contributed by atoms with Crippen LogP contribution in [0.5, 0.6) is 0 Å². The summed E-state index contributed by atoms with van der Waals surface area (Å²) < 4.78 is 33.0. The highest BCUT2D eigenvalue weighted by Crippen LogP contribution is 2.29. The second-order valence-electron chi connectivity index (χ2n) is 4.09. The summed E-state index contributed by atoms with van der Waals surface area (Å²) in [6.45, 7) is 4.31. The zero-order valence-corrected chi connectivity index (χ0v) is 10.3. The summed E-state index contributed by atoms with van der Waals surface area (Å²) >= 11 is 0. The minimum Gasteiger partial charge on any atom is -0.467 e. The standard InChI is InChI=1S/C14H15F2NO/c1-3-17-13(14-9(2)7-8-18-14)12-10(15)5-4-6-11(12)16/h4-8,13,17H,3H2,1-2H3. The zero-order valence-electron chi connectivity index (χ0n) is 10.3. The number of nitrogens with one attached hydrogen (secondary N) is 1. The Morgan fingerprint density at radius 2 is 1.89 bits per heavy atom. The molecule has 1 unspecified atom stereocenters. The van der Waals surface area contributed by atoms with Crippen molar-refractivity contribution >= 4 is 0 Å². The van der Waals surface area contributed by atoms with Crippen molar-refractivity contribution in [1.29, 1.82) is 0 Å². The van der Waals surface area contributed by atoms with Crippen molar-refractivity contribution in [1.82, 2.24) is 5.32 Å². The first-order chi connectivity index (χ1) is 8.65. The van der Waals surface area contributed by atoms with E-state index in [1.54, 1.807) is 6.07 Å². The van der Waals surface area contributed by atoms with Gasteiger partial charge in [-0.1, -0.05) is 13.0 Å². The van der Waals surface area contributed by atoms with Crippen LogP contribution in [0.3, 0.4) is 0 Å². The van der Waals surface area contributed by atoms with Crippen LogP contribution in [0.15, 0.2) is 34.9 Å². The summed E-state index contributed by atoms with van der Waals surface area (Å²) in [6.07, 6.45) is 1.52. The van der Waals surface area contributed by atoms with E-state index in [4.69, 9.17) is 4.42 Å². The number of benzene rings is 1. The van der Waals surface area contributed by atoms with Gasteiger partial charge < -0.3 is 9.73 Å². The molecule has 0 amide bonds. The van der Waals surface area contributed by atoms with Crippen LogP contribution >= 0.6 is 0 Å². The molecule has 0 aliphatic rings. The van der Waals surface area contributed by atoms with Crippen LogP contribution in [-0.4, -0.2) is 6.54 Å². The first-order valence-electron chi connectivity index (χ1n) is 5.86. The maximum atomic E-state index is 13.8. The van der Waals surface area contributed by atoms with Gasteiger partial charge >= 0.3 is 0 Å². The van der Waals surface area contributed by atoms with Gasteiger partial charge in [0.25, 0.3) is 0 Å². The molecule has 2 aromatic rings. The van der Waals surface area contributed by atoms with E-state index in [-0.39, 0.29) is 5.56 Å². The summed E-state index contributed by atoms with van der Waals surface area (Å²) in [6, 6.07) is 5.03. The fourth-order valence-corrected chi connectivity index (χ4v) is 2.00. The molecule has 2 nitrogen and oxygen atoms in total. The van der Waals surface area contributed by atoms with Crippen molar-refractivity contribution in [2.45, 2.75) is 19.9 Å². The van der Waals surface area contributed by atoms with Crippen LogP contribution in [0.4, 0.5) is 8.78 Å². The van der Waals surface area contributed by atoms with E-state index < -0.39 is 17.7 Å². The Labute approximate surface area is 105 Å². The van der Waals surface area contributed by atoms with Crippen LogP contribution in [0.25, 0.3) is 0 Å². The first-order valence-corrected chi connectivity index (χ1v) is 5.86. The van der Waals surface area contributed by atoms with Crippen LogP contribution in [0.1, 0.15) is 29.9 Å². The molecular weight excluding hydrogens is 236 g/mol. The molecule has 0 saturated carbocycles. The number of furan rings is 1. The number of halogens is 2. The lowest BCUT2D eigenvalue weighted by atomic mass is 10.0. The second-order valence-corrected chi connectivity index (χ2v) is 4.09. The average Bonchev–Trinajstić information content (AvgIpc) is 2.74. The predicted molar refractivity (Wildman–Crippen MR) is 65.3 cm³/mol. The van der Waals surface area contributed by atoms with Gasteiger partial charge in [-0.05, 0) is 37.2 Å². The smallest absolute Gasteiger partial charge is 0.131 e. The van der Waals surface area contributed by atoms with Gasteiger partial charge in [0.1, 0.15) is 17.4 Å². The Morgan fingerprint density at radius 3 is 2.39 bits per heavy atom. The van der Waals surface area contributed by atoms with E-state index in [1.807, 2.05) is 13.8 Å². The maximum Gasteiger partial charge on any atom is 0.131 e. The van der Waals surface area contributed by atoms with Crippen molar-refractivity contribution in [3.05, 3.63) is 59.1 Å². The molecule has 1 aromatic heterocycles. The highest BCUT2D eigenvalue weighted by Gasteiger charge is 2.24. The van der Waals surface area contributed by atoms with E-state index in [0.717, 1.165) is 5.56 Å². The number of hydrogen-bond donors (Lipinski definition) is 1. The van der Waals surface area contributed by atoms with Crippen molar-refractivity contribution in [2.24, 2.45) is 0 Å². The molecule has 0 spiro atoms. The van der Waals surface area contributed by atoms with Crippen LogP contribution in [0, 0.1) is 18.6 Å². The lowest BCUT2D eigenvalue weighted by molar-refractivity contribution is 0.425. The molecule has 1 atom stereocenters. The summed E-state index contributed by atoms with van der Waals surface area (Å²) in [7, 11) is 0. The van der Waals surface area contributed by atoms with Gasteiger partial charge in [-0.25, -0.2) is 8.78 Å². The minimum absolute atomic E-state index is 0.00241. The Hall–Kier alpha value is -1.68. The third-order valence-corrected chi connectivity index (χ3v) is 2.86. The van der Waals surface area contributed by atoms with Gasteiger partial charge in [0.2, 0.25) is 0 Å². The summed E-state index contributed by atoms with van der Waals surface area (Å²) in [5.41, 5.74) is 0.862. The highest BCUT2D eigenvalue weighted by molar-refractivity contribution is 5.32. The van der Waals surface area contributed by atoms with Gasteiger partial charge in [0.15, 0.2) is 0 Å². The maximum absolute atomic E-state index is 13.8. The molecule has 4 heteroatoms. The fraction of sp³-hybridized carbons (Fsp3) is 0.286. The molecule has 1 N–H and O–H groups in total. The molecule has 1 heterocycles. The zero-order chi connectivity index (χ0) is 13.1. The van der Waals surface area contributed by atoms with E-state index in [2.05, 4.69) is 5.32 Å². The molecule has 0 saturated heterocycles. The third-order valence-electron chi connectivity index (χ3n) is 2.86. The van der Waals surface area contributed by atoms with E-state index >= 15 is 0 Å². The Kier molecular flexibility index (Phi) is 3.77. The fourth-order valence-electron chi connectivity index (χ4n) is 2.00. The van der Waals surface area contributed by atoms with Gasteiger partial charge in [-0.2, -0.15) is 0 Å². The molecule has 0 fully saturated rings. The lowest BCUT2D eigenvalue weighted by Gasteiger charge is -2.18. The van der Waals surface area contributed by atoms with E-state index in [1.165, 1.54) is 24.5 Å². The normalized spacial score (nSPS) is 12.7. The van der Waals surface area contributed by atoms with Crippen molar-refractivity contribution in [2.75, 3.05) is 6.54 Å². The van der Waals surface area contributed by atoms with E-state index in [0.29, 0.717) is 12.3 Å². The number of rotatable bonds is 4. The van der Waals surface area contributed by atoms with Gasteiger partial charge in [-0.3, -0.25) is 0 Å². The molecule has 0 radical (unpaired) electrons. The molecule has 18 heavy (non-hydrogen) atoms. The van der Waals surface area contributed by atoms with E-state index in [9.17, 15) is 8.78 Å². The van der Waals surface area contributed by atoms with Gasteiger partial charge in [0.05, 0.1) is 12.3 Å². The number of hydrogen-bond acceptors (Lipinski definition) is 2. The molecule has 96 valence electrons. The average molecular weight is 251 g/mol. The predicted octanol–water partition coefficient (Wildman–Crippen LogP) is 3.57. The van der Waals surface area contributed by atoms with Gasteiger partial charge in [0, 0.05) is 5.56 Å². The van der Waals surface area contributed by atoms with Crippen LogP contribution in [0.2, 0.25) is 0 Å². The monoisotopic (exact) mass is 251 g/mol. The minimum atomic E-state index is -0.605. The molecule has 0 bridgehead atoms. The molecule has 0 aliphatic heterocycles. The van der Waals surface area contributed by atoms with Crippen molar-refractivity contribution in [3.63, 3.8) is 0 Å². The van der Waals surface area contributed by atoms with Crippen LogP contribution in [-0.2, 0) is 0 Å². The summed E-state index contributed by atoms with van der Waals surface area (Å²) in [5.74, 6) is -0.602. The molecule has 1 aromatic carbocycles. The third kappa shape index (κ3) is 2.29. The molecule has 2 rings (SSSR count). The molecular formula is C14H15F2NO. The quantitative estimate of drug-likeness (QED) is 0.898. The number of aryl methyl sites for hydroxylation is 1. The SMILES string of the molecule is CCNC(c1occc1C)c1c(F)cccc1F. The Morgan fingerprint density at radius 1 is 1.22 bits per heavy atom. The van der Waals surface area contributed by atoms with Gasteiger partial charge in [-0.15, -0.1) is 0 Å². The lowest BCUT2D eigenvalue weighted by Crippen LogP contribution is -2.24. The van der Waals surface area contributed by atoms with Crippen LogP contribution < -0.4 is 5.32 Å². The summed E-state index contributed by atoms with van der Waals surface area (Å²) in [4.78, 5) is 0. The largest absolute Gasteiger partial charge is 0.467 e. The van der Waals surface area contributed by atoms with Crippen molar-refractivity contribution < 1.29 is 13.2 Å². The van der Waals surface area contributed by atoms with Crippen molar-refractivity contribution in [3.8, 4) is 0 Å². The first kappa shape index (κ1) is 12.8. The Balaban J connectivity index is 2.52. The topological polar surface area (TPSA) is 25.2 Å². The Bertz CT molecular complexity index is 516.